The molecular formula is C9H9N3O. The summed E-state index contributed by atoms with van der Waals surface area (Å²) in [5.41, 5.74) is 6.06. The molecule has 2 aromatic heterocycles. The molecule has 0 radical (unpaired) electrons. The minimum Gasteiger partial charge on any atom is -0.372 e. The molecule has 66 valence electrons. The van der Waals surface area contributed by atoms with Gasteiger partial charge < -0.3 is 5.73 Å². The van der Waals surface area contributed by atoms with E-state index in [0.717, 1.165) is 11.0 Å². The molecule has 0 saturated heterocycles. The molecule has 0 aliphatic heterocycles. The first kappa shape index (κ1) is 9.12. The summed E-state index contributed by atoms with van der Waals surface area (Å²) in [7, 11) is 0. The van der Waals surface area contributed by atoms with Crippen LogP contribution in [0.3, 0.4) is 0 Å². The van der Waals surface area contributed by atoms with Gasteiger partial charge in [0.15, 0.2) is 0 Å². The molecule has 0 unspecified atom stereocenters. The van der Waals surface area contributed by atoms with Crippen LogP contribution in [0.2, 0.25) is 0 Å². The van der Waals surface area contributed by atoms with Crippen LogP contribution in [0.5, 0.6) is 0 Å². The normalized spacial score (nSPS) is 8.62. The van der Waals surface area contributed by atoms with Gasteiger partial charge in [0.05, 0.1) is 11.0 Å². The Hall–Kier alpha value is -1.97. The zero-order valence-corrected chi connectivity index (χ0v) is 6.92. The van der Waals surface area contributed by atoms with Crippen LogP contribution in [0, 0.1) is 0 Å². The van der Waals surface area contributed by atoms with Gasteiger partial charge in [-0.1, -0.05) is 0 Å². The molecule has 0 saturated carbocycles. The van der Waals surface area contributed by atoms with Gasteiger partial charge in [-0.2, -0.15) is 0 Å². The van der Waals surface area contributed by atoms with E-state index in [-0.39, 0.29) is 6.41 Å². The summed E-state index contributed by atoms with van der Waals surface area (Å²) in [6, 6.07) is 7.66. The SMILES string of the molecule is NC=O.c1cnc2cccnc2c1. The Labute approximate surface area is 75.4 Å². The van der Waals surface area contributed by atoms with E-state index in [1.54, 1.807) is 12.4 Å². The number of amides is 1. The van der Waals surface area contributed by atoms with Crippen LogP contribution in [-0.4, -0.2) is 16.4 Å². The van der Waals surface area contributed by atoms with Crippen LogP contribution in [-0.2, 0) is 4.79 Å². The number of rotatable bonds is 0. The number of primary amides is 1. The van der Waals surface area contributed by atoms with Crippen molar-refractivity contribution in [3.63, 3.8) is 0 Å². The molecular weight excluding hydrogens is 166 g/mol. The zero-order valence-electron chi connectivity index (χ0n) is 6.92. The average Bonchev–Trinajstić information content (AvgIpc) is 2.19. The Balaban J connectivity index is 0.000000251. The van der Waals surface area contributed by atoms with E-state index >= 15 is 0 Å². The summed E-state index contributed by atoms with van der Waals surface area (Å²) in [4.78, 5) is 16.8. The van der Waals surface area contributed by atoms with Crippen molar-refractivity contribution in [3.8, 4) is 0 Å². The first-order valence-corrected chi connectivity index (χ1v) is 3.69. The summed E-state index contributed by atoms with van der Waals surface area (Å²) in [5.74, 6) is 0. The highest BCUT2D eigenvalue weighted by Crippen LogP contribution is 2.04. The minimum atomic E-state index is 0.250. The van der Waals surface area contributed by atoms with E-state index in [0.29, 0.717) is 0 Å². The molecule has 1 amide bonds. The number of fused-ring (bicyclic) bond motifs is 1. The molecule has 0 atom stereocenters. The van der Waals surface area contributed by atoms with Gasteiger partial charge in [-0.05, 0) is 24.3 Å². The number of nitrogens with zero attached hydrogens (tertiary/aromatic N) is 2. The Kier molecular flexibility index (Phi) is 3.38. The van der Waals surface area contributed by atoms with E-state index < -0.39 is 0 Å². The molecule has 0 spiro atoms. The predicted octanol–water partition coefficient (Wildman–Crippen LogP) is 0.731. The van der Waals surface area contributed by atoms with Gasteiger partial charge >= 0.3 is 0 Å². The van der Waals surface area contributed by atoms with E-state index in [1.165, 1.54) is 0 Å². The summed E-state index contributed by atoms with van der Waals surface area (Å²) >= 11 is 0. The van der Waals surface area contributed by atoms with Gasteiger partial charge in [0, 0.05) is 12.4 Å². The van der Waals surface area contributed by atoms with Gasteiger partial charge in [0.1, 0.15) is 0 Å². The number of nitrogens with two attached hydrogens (primary N) is 1. The highest BCUT2D eigenvalue weighted by atomic mass is 16.1. The Morgan fingerprint density at radius 2 is 1.46 bits per heavy atom. The molecule has 2 N–H and O–H groups in total. The number of aromatic nitrogens is 2. The van der Waals surface area contributed by atoms with Crippen molar-refractivity contribution in [1.29, 1.82) is 0 Å². The lowest BCUT2D eigenvalue weighted by molar-refractivity contribution is -0.106. The van der Waals surface area contributed by atoms with Crippen LogP contribution >= 0.6 is 0 Å². The lowest BCUT2D eigenvalue weighted by Gasteiger charge is -1.90. The molecule has 0 fully saturated rings. The van der Waals surface area contributed by atoms with E-state index in [9.17, 15) is 0 Å². The van der Waals surface area contributed by atoms with Crippen LogP contribution in [0.25, 0.3) is 11.0 Å². The monoisotopic (exact) mass is 175 g/mol. The van der Waals surface area contributed by atoms with E-state index in [2.05, 4.69) is 15.7 Å². The fraction of sp³-hybridized carbons (Fsp3) is 0. The standard InChI is InChI=1S/C8H6N2.CH3NO/c1-3-7-8(9-5-1)4-2-6-10-7;2-1-3/h1-6H;1H,(H2,2,3). The number of hydrogen-bond donors (Lipinski definition) is 1. The fourth-order valence-corrected chi connectivity index (χ4v) is 0.904. The van der Waals surface area contributed by atoms with Crippen LogP contribution in [0.15, 0.2) is 36.7 Å². The van der Waals surface area contributed by atoms with E-state index in [1.807, 2.05) is 24.3 Å². The second-order valence-electron chi connectivity index (χ2n) is 2.18. The van der Waals surface area contributed by atoms with Gasteiger partial charge in [0.25, 0.3) is 0 Å². The number of carbonyl (C=O) groups is 1. The van der Waals surface area contributed by atoms with Crippen molar-refractivity contribution in [2.24, 2.45) is 5.73 Å². The third kappa shape index (κ3) is 2.52. The van der Waals surface area contributed by atoms with E-state index in [4.69, 9.17) is 4.79 Å². The summed E-state index contributed by atoms with van der Waals surface area (Å²) in [6.45, 7) is 0. The summed E-state index contributed by atoms with van der Waals surface area (Å²) < 4.78 is 0. The summed E-state index contributed by atoms with van der Waals surface area (Å²) in [6.07, 6.45) is 3.79. The topological polar surface area (TPSA) is 68.9 Å². The van der Waals surface area contributed by atoms with Crippen molar-refractivity contribution in [2.45, 2.75) is 0 Å². The molecule has 4 heteroatoms. The van der Waals surface area contributed by atoms with Crippen molar-refractivity contribution in [1.82, 2.24) is 9.97 Å². The fourth-order valence-electron chi connectivity index (χ4n) is 0.904. The van der Waals surface area contributed by atoms with Crippen LogP contribution < -0.4 is 5.73 Å². The number of hydrogen-bond acceptors (Lipinski definition) is 3. The van der Waals surface area contributed by atoms with Gasteiger partial charge in [-0.3, -0.25) is 14.8 Å². The molecule has 2 rings (SSSR count). The molecule has 4 nitrogen and oxygen atoms in total. The molecule has 0 aliphatic rings. The lowest BCUT2D eigenvalue weighted by Crippen LogP contribution is -1.82. The van der Waals surface area contributed by atoms with Gasteiger partial charge in [-0.15, -0.1) is 0 Å². The maximum atomic E-state index is 8.58. The Morgan fingerprint density at radius 1 is 1.08 bits per heavy atom. The Morgan fingerprint density at radius 3 is 1.85 bits per heavy atom. The quantitative estimate of drug-likeness (QED) is 0.600. The largest absolute Gasteiger partial charge is 0.372 e. The maximum Gasteiger partial charge on any atom is 0.204 e. The zero-order chi connectivity index (χ0) is 9.52. The Bertz CT molecular complexity index is 324. The molecule has 0 bridgehead atoms. The van der Waals surface area contributed by atoms with Crippen LogP contribution in [0.1, 0.15) is 0 Å². The lowest BCUT2D eigenvalue weighted by atomic mass is 10.3. The first-order valence-electron chi connectivity index (χ1n) is 3.69. The highest BCUT2D eigenvalue weighted by Gasteiger charge is 1.88. The second kappa shape index (κ2) is 4.82. The molecule has 0 aliphatic carbocycles. The number of carbonyl (C=O) groups excluding carboxylic acids is 1. The van der Waals surface area contributed by atoms with Gasteiger partial charge in [0.2, 0.25) is 6.41 Å². The van der Waals surface area contributed by atoms with Crippen LogP contribution in [0.4, 0.5) is 0 Å². The average molecular weight is 175 g/mol. The van der Waals surface area contributed by atoms with Crippen molar-refractivity contribution >= 4 is 17.4 Å². The maximum absolute atomic E-state index is 8.58. The third-order valence-corrected chi connectivity index (χ3v) is 1.37. The predicted molar refractivity (Wildman–Crippen MR) is 49.8 cm³/mol. The second-order valence-corrected chi connectivity index (χ2v) is 2.18. The molecule has 0 aromatic carbocycles. The van der Waals surface area contributed by atoms with Crippen molar-refractivity contribution in [2.75, 3.05) is 0 Å². The molecule has 2 heterocycles. The first-order chi connectivity index (χ1) is 6.38. The third-order valence-electron chi connectivity index (χ3n) is 1.37. The number of pyridine rings is 2. The minimum absolute atomic E-state index is 0.250. The summed E-state index contributed by atoms with van der Waals surface area (Å²) in [5, 5.41) is 0. The molecule has 13 heavy (non-hydrogen) atoms. The smallest absolute Gasteiger partial charge is 0.204 e. The van der Waals surface area contributed by atoms with Crippen molar-refractivity contribution < 1.29 is 4.79 Å². The van der Waals surface area contributed by atoms with Gasteiger partial charge in [-0.25, -0.2) is 0 Å². The highest BCUT2D eigenvalue weighted by molar-refractivity contribution is 5.72. The van der Waals surface area contributed by atoms with Crippen molar-refractivity contribution in [3.05, 3.63) is 36.7 Å². The molecule has 2 aromatic rings.